The summed E-state index contributed by atoms with van der Waals surface area (Å²) in [6, 6.07) is 14.9. The summed E-state index contributed by atoms with van der Waals surface area (Å²) in [5.41, 5.74) is 7.74. The fourth-order valence-corrected chi connectivity index (χ4v) is 5.44. The van der Waals surface area contributed by atoms with Gasteiger partial charge in [0.15, 0.2) is 12.0 Å². The molecule has 5 atom stereocenters. The van der Waals surface area contributed by atoms with Crippen LogP contribution in [0.3, 0.4) is 0 Å². The van der Waals surface area contributed by atoms with Crippen LogP contribution in [0.25, 0.3) is 21.8 Å². The molecule has 1 aliphatic rings. The molecule has 0 saturated carbocycles. The zero-order valence-electron chi connectivity index (χ0n) is 19.3. The standard InChI is InChI=1S/C25H27N5O5S/c26-16(25(33)34)9-11-36-12-19-21(31)22(32)24(35-19)30-13-28-20-18(30)8-10-27-23(20)29-17-7-3-5-14-4-1-2-6-15(14)17/h1-8,10,13,16,19,21-22,24,31-32H,9,11-12,26H2,(H,27,29)(H,33,34). The summed E-state index contributed by atoms with van der Waals surface area (Å²) in [6.45, 7) is 0. The Bertz CT molecular complexity index is 1380. The summed E-state index contributed by atoms with van der Waals surface area (Å²) < 4.78 is 7.72. The van der Waals surface area contributed by atoms with Gasteiger partial charge in [0, 0.05) is 23.0 Å². The van der Waals surface area contributed by atoms with E-state index in [2.05, 4.69) is 15.3 Å². The Labute approximate surface area is 211 Å². The van der Waals surface area contributed by atoms with Crippen LogP contribution in [-0.4, -0.2) is 71.7 Å². The number of aliphatic carboxylic acids is 1. The molecule has 5 rings (SSSR count). The molecule has 0 radical (unpaired) electrons. The van der Waals surface area contributed by atoms with Crippen molar-refractivity contribution in [2.75, 3.05) is 16.8 Å². The number of hydrogen-bond acceptors (Lipinski definition) is 9. The van der Waals surface area contributed by atoms with Crippen LogP contribution in [0.4, 0.5) is 11.5 Å². The minimum Gasteiger partial charge on any atom is -0.480 e. The average Bonchev–Trinajstić information content (AvgIpc) is 3.43. The van der Waals surface area contributed by atoms with E-state index in [-0.39, 0.29) is 0 Å². The second-order valence-corrected chi connectivity index (χ2v) is 9.84. The minimum absolute atomic E-state index is 0.306. The number of aromatic nitrogens is 3. The summed E-state index contributed by atoms with van der Waals surface area (Å²) in [5, 5.41) is 35.8. The maximum atomic E-state index is 10.9. The van der Waals surface area contributed by atoms with E-state index in [9.17, 15) is 15.0 Å². The SMILES string of the molecule is NC(CCSCC1OC(n2cnc3c(Nc4cccc5ccccc45)nccc32)C(O)C1O)C(=O)O. The number of fused-ring (bicyclic) bond motifs is 2. The van der Waals surface area contributed by atoms with Crippen LogP contribution in [-0.2, 0) is 9.53 Å². The summed E-state index contributed by atoms with van der Waals surface area (Å²) in [6.07, 6.45) is -0.165. The highest BCUT2D eigenvalue weighted by atomic mass is 32.2. The molecule has 5 unspecified atom stereocenters. The lowest BCUT2D eigenvalue weighted by atomic mass is 10.1. The summed E-state index contributed by atoms with van der Waals surface area (Å²) in [4.78, 5) is 19.9. The van der Waals surface area contributed by atoms with E-state index in [0.29, 0.717) is 34.8 Å². The van der Waals surface area contributed by atoms with Gasteiger partial charge in [-0.2, -0.15) is 11.8 Å². The van der Waals surface area contributed by atoms with Crippen molar-refractivity contribution in [3.63, 3.8) is 0 Å². The largest absolute Gasteiger partial charge is 0.480 e. The predicted octanol–water partition coefficient (Wildman–Crippen LogP) is 2.48. The number of benzene rings is 2. The number of ether oxygens (including phenoxy) is 1. The lowest BCUT2D eigenvalue weighted by Gasteiger charge is -2.17. The number of aliphatic hydroxyl groups excluding tert-OH is 2. The highest BCUT2D eigenvalue weighted by Crippen LogP contribution is 2.35. The van der Waals surface area contributed by atoms with Crippen LogP contribution in [0.15, 0.2) is 61.1 Å². The number of imidazole rings is 1. The Balaban J connectivity index is 1.33. The zero-order chi connectivity index (χ0) is 25.2. The fraction of sp³-hybridized carbons (Fsp3) is 0.320. The number of hydrogen-bond donors (Lipinski definition) is 5. The number of anilines is 2. The predicted molar refractivity (Wildman–Crippen MR) is 138 cm³/mol. The van der Waals surface area contributed by atoms with Gasteiger partial charge in [0.05, 0.1) is 17.9 Å². The Morgan fingerprint density at radius 1 is 1.14 bits per heavy atom. The van der Waals surface area contributed by atoms with E-state index in [4.69, 9.17) is 15.6 Å². The topological polar surface area (TPSA) is 156 Å². The Morgan fingerprint density at radius 2 is 1.94 bits per heavy atom. The zero-order valence-corrected chi connectivity index (χ0v) is 20.1. The molecule has 1 aliphatic heterocycles. The molecule has 188 valence electrons. The van der Waals surface area contributed by atoms with Crippen molar-refractivity contribution >= 4 is 51.0 Å². The molecule has 2 aromatic carbocycles. The van der Waals surface area contributed by atoms with E-state index in [1.54, 1.807) is 23.2 Å². The first-order valence-corrected chi connectivity index (χ1v) is 12.7. The molecule has 3 heterocycles. The molecule has 2 aromatic heterocycles. The number of aliphatic hydroxyl groups is 2. The molecule has 0 aliphatic carbocycles. The molecule has 1 fully saturated rings. The van der Waals surface area contributed by atoms with Gasteiger partial charge in [-0.25, -0.2) is 9.97 Å². The van der Waals surface area contributed by atoms with Gasteiger partial charge in [-0.05, 0) is 29.7 Å². The van der Waals surface area contributed by atoms with Crippen LogP contribution in [0.5, 0.6) is 0 Å². The van der Waals surface area contributed by atoms with Crippen LogP contribution in [0.1, 0.15) is 12.6 Å². The van der Waals surface area contributed by atoms with E-state index in [1.807, 2.05) is 42.5 Å². The first-order valence-electron chi connectivity index (χ1n) is 11.6. The Kier molecular flexibility index (Phi) is 7.08. The molecule has 11 heteroatoms. The lowest BCUT2D eigenvalue weighted by molar-refractivity contribution is -0.138. The number of pyridine rings is 1. The van der Waals surface area contributed by atoms with Crippen molar-refractivity contribution in [2.24, 2.45) is 5.73 Å². The molecular formula is C25H27N5O5S. The minimum atomic E-state index is -1.16. The quantitative estimate of drug-likeness (QED) is 0.212. The molecule has 1 saturated heterocycles. The molecule has 0 bridgehead atoms. The van der Waals surface area contributed by atoms with Crippen molar-refractivity contribution in [1.82, 2.24) is 14.5 Å². The molecule has 10 nitrogen and oxygen atoms in total. The second kappa shape index (κ2) is 10.4. The third kappa shape index (κ3) is 4.75. The maximum Gasteiger partial charge on any atom is 0.320 e. The fourth-order valence-electron chi connectivity index (χ4n) is 4.35. The number of carboxylic acid groups (broad SMARTS) is 1. The van der Waals surface area contributed by atoms with Crippen molar-refractivity contribution in [3.8, 4) is 0 Å². The van der Waals surface area contributed by atoms with Crippen molar-refractivity contribution < 1.29 is 24.9 Å². The molecule has 36 heavy (non-hydrogen) atoms. The highest BCUT2D eigenvalue weighted by Gasteiger charge is 2.44. The highest BCUT2D eigenvalue weighted by molar-refractivity contribution is 7.99. The number of carbonyl (C=O) groups is 1. The van der Waals surface area contributed by atoms with E-state index in [0.717, 1.165) is 16.5 Å². The van der Waals surface area contributed by atoms with Gasteiger partial charge in [-0.15, -0.1) is 0 Å². The smallest absolute Gasteiger partial charge is 0.320 e. The van der Waals surface area contributed by atoms with Gasteiger partial charge in [-0.3, -0.25) is 4.79 Å². The number of rotatable bonds is 9. The van der Waals surface area contributed by atoms with E-state index < -0.39 is 36.6 Å². The second-order valence-electron chi connectivity index (χ2n) is 8.69. The van der Waals surface area contributed by atoms with E-state index in [1.165, 1.54) is 11.8 Å². The molecule has 0 spiro atoms. The number of nitrogens with one attached hydrogen (secondary N) is 1. The van der Waals surface area contributed by atoms with Gasteiger partial charge < -0.3 is 35.7 Å². The van der Waals surface area contributed by atoms with Crippen LogP contribution < -0.4 is 11.1 Å². The van der Waals surface area contributed by atoms with E-state index >= 15 is 0 Å². The average molecular weight is 510 g/mol. The monoisotopic (exact) mass is 509 g/mol. The first kappa shape index (κ1) is 24.5. The first-order chi connectivity index (χ1) is 17.4. The van der Waals surface area contributed by atoms with Crippen molar-refractivity contribution in [2.45, 2.75) is 37.0 Å². The summed E-state index contributed by atoms with van der Waals surface area (Å²) >= 11 is 1.43. The van der Waals surface area contributed by atoms with Crippen LogP contribution in [0, 0.1) is 0 Å². The Morgan fingerprint density at radius 3 is 2.78 bits per heavy atom. The molecule has 0 amide bonds. The third-order valence-electron chi connectivity index (χ3n) is 6.32. The van der Waals surface area contributed by atoms with Crippen LogP contribution >= 0.6 is 11.8 Å². The van der Waals surface area contributed by atoms with Gasteiger partial charge >= 0.3 is 5.97 Å². The number of nitrogens with zero attached hydrogens (tertiary/aromatic N) is 3. The molecule has 6 N–H and O–H groups in total. The maximum absolute atomic E-state index is 10.9. The summed E-state index contributed by atoms with van der Waals surface area (Å²) in [5.74, 6) is 0.420. The number of nitrogens with two attached hydrogens (primary N) is 1. The van der Waals surface area contributed by atoms with Gasteiger partial charge in [0.2, 0.25) is 0 Å². The molecular weight excluding hydrogens is 482 g/mol. The number of thioether (sulfide) groups is 1. The summed E-state index contributed by atoms with van der Waals surface area (Å²) in [7, 11) is 0. The Hall–Kier alpha value is -3.22. The van der Waals surface area contributed by atoms with Gasteiger partial charge in [0.25, 0.3) is 0 Å². The lowest BCUT2D eigenvalue weighted by Crippen LogP contribution is -2.33. The van der Waals surface area contributed by atoms with Gasteiger partial charge in [-0.1, -0.05) is 36.4 Å². The number of carboxylic acids is 1. The van der Waals surface area contributed by atoms with Crippen LogP contribution in [0.2, 0.25) is 0 Å². The normalized spacial score (nSPS) is 22.8. The van der Waals surface area contributed by atoms with Gasteiger partial charge in [0.1, 0.15) is 23.8 Å². The van der Waals surface area contributed by atoms with Crippen molar-refractivity contribution in [1.29, 1.82) is 0 Å². The van der Waals surface area contributed by atoms with Crippen molar-refractivity contribution in [3.05, 3.63) is 61.1 Å². The third-order valence-corrected chi connectivity index (χ3v) is 7.41. The molecule has 4 aromatic rings.